The Balaban J connectivity index is 2.12. The zero-order chi connectivity index (χ0) is 53.5. The molecule has 0 aromatic carbocycles. The maximum Gasteiger partial charge on any atom is 0.306 e. The van der Waals surface area contributed by atoms with E-state index in [9.17, 15) is 25.2 Å². The molecule has 4 N–H and O–H groups in total. The molecule has 1 aliphatic rings. The quantitative estimate of drug-likeness (QED) is 0.0267. The molecule has 1 fully saturated rings. The average Bonchev–Trinajstić information content (AvgIpc) is 3.40. The third-order valence-electron chi connectivity index (χ3n) is 14.7. The number of aliphatic hydroxyl groups is 4. The van der Waals surface area contributed by atoms with Crippen LogP contribution in [-0.2, 0) is 23.7 Å². The number of hydrogen-bond acceptors (Lipinski definition) is 9. The first kappa shape index (κ1) is 70.2. The molecular weight excluding hydrogens is 925 g/mol. The number of allylic oxidation sites excluding steroid dienone is 8. The molecule has 9 heteroatoms. The highest BCUT2D eigenvalue weighted by atomic mass is 16.7. The summed E-state index contributed by atoms with van der Waals surface area (Å²) in [7, 11) is 0. The van der Waals surface area contributed by atoms with Crippen LogP contribution in [0, 0.1) is 0 Å². The van der Waals surface area contributed by atoms with Crippen molar-refractivity contribution in [2.45, 2.75) is 333 Å². The van der Waals surface area contributed by atoms with E-state index >= 15 is 0 Å². The minimum Gasteiger partial charge on any atom is -0.457 e. The van der Waals surface area contributed by atoms with E-state index in [-0.39, 0.29) is 19.2 Å². The van der Waals surface area contributed by atoms with Crippen molar-refractivity contribution >= 4 is 5.97 Å². The molecule has 1 saturated heterocycles. The van der Waals surface area contributed by atoms with Gasteiger partial charge in [0.1, 0.15) is 30.5 Å². The number of carbonyl (C=O) groups excluding carboxylic acids is 1. The van der Waals surface area contributed by atoms with Gasteiger partial charge in [-0.25, -0.2) is 0 Å². The summed E-state index contributed by atoms with van der Waals surface area (Å²) in [5, 5.41) is 40.4. The number of esters is 1. The van der Waals surface area contributed by atoms with Gasteiger partial charge in [-0.05, 0) is 77.0 Å². The molecule has 434 valence electrons. The van der Waals surface area contributed by atoms with Crippen LogP contribution in [0.5, 0.6) is 0 Å². The van der Waals surface area contributed by atoms with Gasteiger partial charge < -0.3 is 39.4 Å². The molecule has 0 aromatic heterocycles. The Hall–Kier alpha value is -1.85. The summed E-state index contributed by atoms with van der Waals surface area (Å²) in [5.41, 5.74) is 0. The Morgan fingerprint density at radius 2 is 0.784 bits per heavy atom. The third kappa shape index (κ3) is 45.2. The number of ether oxygens (including phenoxy) is 4. The Morgan fingerprint density at radius 3 is 1.19 bits per heavy atom. The van der Waals surface area contributed by atoms with Crippen LogP contribution in [-0.4, -0.2) is 89.6 Å². The van der Waals surface area contributed by atoms with Crippen molar-refractivity contribution in [1.29, 1.82) is 0 Å². The highest BCUT2D eigenvalue weighted by Gasteiger charge is 2.44. The molecule has 0 aliphatic carbocycles. The minimum absolute atomic E-state index is 0.113. The molecule has 0 spiro atoms. The smallest absolute Gasteiger partial charge is 0.306 e. The van der Waals surface area contributed by atoms with E-state index in [1.807, 2.05) is 0 Å². The fraction of sp³-hybridized carbons (Fsp3) is 0.862. The van der Waals surface area contributed by atoms with Gasteiger partial charge in [-0.3, -0.25) is 4.79 Å². The van der Waals surface area contributed by atoms with Crippen LogP contribution in [0.25, 0.3) is 0 Å². The van der Waals surface area contributed by atoms with E-state index in [1.165, 1.54) is 231 Å². The van der Waals surface area contributed by atoms with E-state index in [2.05, 4.69) is 62.5 Å². The number of aliphatic hydroxyl groups excluding tert-OH is 4. The highest BCUT2D eigenvalue weighted by Crippen LogP contribution is 2.23. The monoisotopic (exact) mass is 1040 g/mol. The summed E-state index contributed by atoms with van der Waals surface area (Å²) < 4.78 is 23.0. The summed E-state index contributed by atoms with van der Waals surface area (Å²) in [4.78, 5) is 12.9. The molecule has 0 radical (unpaired) electrons. The van der Waals surface area contributed by atoms with Gasteiger partial charge in [0.05, 0.1) is 19.8 Å². The second-order valence-corrected chi connectivity index (χ2v) is 21.9. The molecule has 9 nitrogen and oxygen atoms in total. The molecular formula is C65H120O9. The topological polar surface area (TPSA) is 135 Å². The Morgan fingerprint density at radius 1 is 0.432 bits per heavy atom. The first-order chi connectivity index (χ1) is 36.4. The third-order valence-corrected chi connectivity index (χ3v) is 14.7. The highest BCUT2D eigenvalue weighted by molar-refractivity contribution is 5.69. The lowest BCUT2D eigenvalue weighted by Crippen LogP contribution is -2.59. The summed E-state index contributed by atoms with van der Waals surface area (Å²) in [6.07, 6.45) is 66.0. The average molecular weight is 1050 g/mol. The lowest BCUT2D eigenvalue weighted by molar-refractivity contribution is -0.305. The van der Waals surface area contributed by atoms with E-state index in [0.29, 0.717) is 13.0 Å². The second kappa shape index (κ2) is 55.9. The van der Waals surface area contributed by atoms with Gasteiger partial charge in [0.25, 0.3) is 0 Å². The van der Waals surface area contributed by atoms with Gasteiger partial charge >= 0.3 is 5.97 Å². The largest absolute Gasteiger partial charge is 0.457 e. The van der Waals surface area contributed by atoms with E-state index < -0.39 is 43.4 Å². The zero-order valence-corrected chi connectivity index (χ0v) is 48.4. The van der Waals surface area contributed by atoms with Crippen molar-refractivity contribution in [2.24, 2.45) is 0 Å². The summed E-state index contributed by atoms with van der Waals surface area (Å²) in [6, 6.07) is 0. The van der Waals surface area contributed by atoms with Crippen LogP contribution in [0.3, 0.4) is 0 Å². The Bertz CT molecular complexity index is 1280. The van der Waals surface area contributed by atoms with E-state index in [1.54, 1.807) is 0 Å². The van der Waals surface area contributed by atoms with Crippen LogP contribution in [0.1, 0.15) is 296 Å². The van der Waals surface area contributed by atoms with E-state index in [0.717, 1.165) is 44.9 Å². The van der Waals surface area contributed by atoms with Gasteiger partial charge in [-0.1, -0.05) is 262 Å². The zero-order valence-electron chi connectivity index (χ0n) is 48.4. The van der Waals surface area contributed by atoms with Crippen molar-refractivity contribution in [3.8, 4) is 0 Å². The SMILES string of the molecule is CCCCCCC/C=C\C/C=C\C/C=C\CCCCCCCCCCCCC(=O)OC(COCCCCCCCCCCCCCCCC/C=C\CCCCCCCCCC)COC1OC(CO)C(O)C(O)C1O. The lowest BCUT2D eigenvalue weighted by Gasteiger charge is -2.39. The maximum atomic E-state index is 12.9. The minimum atomic E-state index is -1.54. The fourth-order valence-corrected chi connectivity index (χ4v) is 9.79. The summed E-state index contributed by atoms with van der Waals surface area (Å²) >= 11 is 0. The van der Waals surface area contributed by atoms with Crippen LogP contribution >= 0.6 is 0 Å². The van der Waals surface area contributed by atoms with Crippen molar-refractivity contribution < 1.29 is 44.2 Å². The van der Waals surface area contributed by atoms with Crippen molar-refractivity contribution in [3.63, 3.8) is 0 Å². The predicted octanol–water partition coefficient (Wildman–Crippen LogP) is 17.2. The van der Waals surface area contributed by atoms with Crippen molar-refractivity contribution in [1.82, 2.24) is 0 Å². The number of hydrogen-bond donors (Lipinski definition) is 4. The van der Waals surface area contributed by atoms with Gasteiger partial charge in [-0.2, -0.15) is 0 Å². The number of rotatable bonds is 56. The second-order valence-electron chi connectivity index (χ2n) is 21.9. The summed E-state index contributed by atoms with van der Waals surface area (Å²) in [6.45, 7) is 4.59. The predicted molar refractivity (Wildman–Crippen MR) is 311 cm³/mol. The molecule has 1 heterocycles. The van der Waals surface area contributed by atoms with Crippen molar-refractivity contribution in [2.75, 3.05) is 26.4 Å². The molecule has 6 unspecified atom stereocenters. The van der Waals surface area contributed by atoms with Crippen LogP contribution in [0.4, 0.5) is 0 Å². The van der Waals surface area contributed by atoms with Gasteiger partial charge in [0, 0.05) is 13.0 Å². The first-order valence-electron chi connectivity index (χ1n) is 31.7. The normalized spacial score (nSPS) is 18.8. The molecule has 0 bridgehead atoms. The lowest BCUT2D eigenvalue weighted by atomic mass is 9.99. The number of unbranched alkanes of at least 4 members (excludes halogenated alkanes) is 37. The molecule has 1 rings (SSSR count). The standard InChI is InChI=1S/C65H120O9/c1-3-5-7-9-11-13-15-17-19-21-23-25-27-29-31-33-35-37-39-41-43-45-47-49-51-53-55-71-57-59(58-72-65-64(70)63(69)62(68)60(56-66)74-65)73-61(67)54-52-50-48-46-44-42-40-38-36-34-32-30-28-26-24-22-20-18-16-14-12-10-8-6-4-2/h16,18,21-24,28,30,59-60,62-66,68-70H,3-15,17,19-20,25-27,29,31-58H2,1-2H3/b18-16-,23-21-,24-22-,30-28-. The van der Waals surface area contributed by atoms with Crippen LogP contribution < -0.4 is 0 Å². The molecule has 0 amide bonds. The molecule has 1 aliphatic heterocycles. The molecule has 0 saturated carbocycles. The number of carbonyl (C=O) groups is 1. The summed E-state index contributed by atoms with van der Waals surface area (Å²) in [5.74, 6) is -0.313. The van der Waals surface area contributed by atoms with Crippen LogP contribution in [0.15, 0.2) is 48.6 Å². The van der Waals surface area contributed by atoms with Gasteiger partial charge in [0.2, 0.25) is 0 Å². The Kier molecular flexibility index (Phi) is 53.0. The van der Waals surface area contributed by atoms with Crippen LogP contribution in [0.2, 0.25) is 0 Å². The maximum absolute atomic E-state index is 12.9. The van der Waals surface area contributed by atoms with Gasteiger partial charge in [0.15, 0.2) is 6.29 Å². The molecule has 0 aromatic rings. The van der Waals surface area contributed by atoms with Gasteiger partial charge in [-0.15, -0.1) is 0 Å². The Labute approximate surface area is 456 Å². The fourth-order valence-electron chi connectivity index (χ4n) is 9.79. The first-order valence-corrected chi connectivity index (χ1v) is 31.7. The molecule has 6 atom stereocenters. The van der Waals surface area contributed by atoms with Crippen molar-refractivity contribution in [3.05, 3.63) is 48.6 Å². The van der Waals surface area contributed by atoms with E-state index in [4.69, 9.17) is 18.9 Å². The molecule has 74 heavy (non-hydrogen) atoms.